The molecule has 1 aromatic heterocycles. The highest BCUT2D eigenvalue weighted by Crippen LogP contribution is 2.08. The number of aliphatic carboxylic acids is 1. The van der Waals surface area contributed by atoms with Crippen LogP contribution in [0.2, 0.25) is 0 Å². The largest absolute Gasteiger partial charge is 0.479 e. The van der Waals surface area contributed by atoms with Gasteiger partial charge in [-0.15, -0.1) is 0 Å². The number of carboxylic acid groups (broad SMARTS) is 1. The van der Waals surface area contributed by atoms with Crippen LogP contribution in [0.15, 0.2) is 16.9 Å². The molecule has 10 heavy (non-hydrogen) atoms. The number of aliphatic hydroxyl groups excluding tert-OH is 1. The summed E-state index contributed by atoms with van der Waals surface area (Å²) in [4.78, 5) is 10.1. The second-order valence-corrected chi connectivity index (χ2v) is 1.67. The Morgan fingerprint density at radius 3 is 2.90 bits per heavy atom. The first-order valence-corrected chi connectivity index (χ1v) is 2.53. The van der Waals surface area contributed by atoms with E-state index in [9.17, 15) is 4.79 Å². The van der Waals surface area contributed by atoms with E-state index in [1.165, 1.54) is 12.3 Å². The average Bonchev–Trinajstić information content (AvgIpc) is 2.36. The minimum Gasteiger partial charge on any atom is -0.479 e. The highest BCUT2D eigenvalue weighted by Gasteiger charge is 2.17. The van der Waals surface area contributed by atoms with Crippen molar-refractivity contribution in [2.45, 2.75) is 6.10 Å². The van der Waals surface area contributed by atoms with E-state index in [1.54, 1.807) is 0 Å². The van der Waals surface area contributed by atoms with Gasteiger partial charge in [-0.1, -0.05) is 5.16 Å². The number of aliphatic hydroxyl groups is 1. The lowest BCUT2D eigenvalue weighted by Crippen LogP contribution is -2.10. The summed E-state index contributed by atoms with van der Waals surface area (Å²) in [6.07, 6.45) is -0.389. The molecule has 0 aliphatic heterocycles. The monoisotopic (exact) mass is 143 g/mol. The van der Waals surface area contributed by atoms with E-state index in [0.29, 0.717) is 0 Å². The van der Waals surface area contributed by atoms with Crippen molar-refractivity contribution in [2.24, 2.45) is 0 Å². The van der Waals surface area contributed by atoms with Crippen molar-refractivity contribution in [3.63, 3.8) is 0 Å². The van der Waals surface area contributed by atoms with E-state index in [1.807, 2.05) is 0 Å². The van der Waals surface area contributed by atoms with E-state index in [2.05, 4.69) is 9.68 Å². The maximum absolute atomic E-state index is 10.1. The molecule has 0 saturated heterocycles. The molecule has 0 spiro atoms. The van der Waals surface area contributed by atoms with Gasteiger partial charge in [0.05, 0.1) is 0 Å². The van der Waals surface area contributed by atoms with Crippen molar-refractivity contribution in [1.82, 2.24) is 5.16 Å². The third kappa shape index (κ3) is 1.14. The van der Waals surface area contributed by atoms with Gasteiger partial charge >= 0.3 is 5.97 Å². The Bertz CT molecular complexity index is 218. The normalized spacial score (nSPS) is 12.9. The Kier molecular flexibility index (Phi) is 1.68. The smallest absolute Gasteiger partial charge is 0.339 e. The molecule has 0 saturated carbocycles. The Hall–Kier alpha value is -1.36. The van der Waals surface area contributed by atoms with Gasteiger partial charge in [0, 0.05) is 6.07 Å². The topological polar surface area (TPSA) is 83.6 Å². The molecule has 2 N–H and O–H groups in total. The van der Waals surface area contributed by atoms with Gasteiger partial charge in [0.15, 0.2) is 6.10 Å². The van der Waals surface area contributed by atoms with Gasteiger partial charge in [0.25, 0.3) is 0 Å². The molecule has 0 radical (unpaired) electrons. The first-order chi connectivity index (χ1) is 4.72. The Morgan fingerprint density at radius 1 is 1.80 bits per heavy atom. The molecule has 1 unspecified atom stereocenters. The maximum atomic E-state index is 10.1. The molecule has 0 aliphatic rings. The molecular formula is C5H5NO4. The molecule has 0 bridgehead atoms. The van der Waals surface area contributed by atoms with Crippen molar-refractivity contribution in [3.8, 4) is 0 Å². The van der Waals surface area contributed by atoms with Gasteiger partial charge in [0.1, 0.15) is 12.0 Å². The molecule has 0 fully saturated rings. The molecule has 1 heterocycles. The predicted octanol–water partition coefficient (Wildman–Crippen LogP) is -0.207. The summed E-state index contributed by atoms with van der Waals surface area (Å²) < 4.78 is 4.31. The van der Waals surface area contributed by atoms with E-state index >= 15 is 0 Å². The second-order valence-electron chi connectivity index (χ2n) is 1.67. The molecule has 1 rings (SSSR count). The Labute approximate surface area is 55.9 Å². The first kappa shape index (κ1) is 6.76. The van der Waals surface area contributed by atoms with E-state index < -0.39 is 12.1 Å². The van der Waals surface area contributed by atoms with E-state index in [-0.39, 0.29) is 5.69 Å². The number of hydrogen-bond donors (Lipinski definition) is 2. The average molecular weight is 143 g/mol. The van der Waals surface area contributed by atoms with Gasteiger partial charge < -0.3 is 14.7 Å². The Morgan fingerprint density at radius 2 is 2.50 bits per heavy atom. The highest BCUT2D eigenvalue weighted by molar-refractivity contribution is 5.73. The first-order valence-electron chi connectivity index (χ1n) is 2.53. The van der Waals surface area contributed by atoms with Crippen LogP contribution >= 0.6 is 0 Å². The zero-order chi connectivity index (χ0) is 7.56. The third-order valence-electron chi connectivity index (χ3n) is 0.972. The lowest BCUT2D eigenvalue weighted by molar-refractivity contribution is -0.147. The number of aromatic nitrogens is 1. The lowest BCUT2D eigenvalue weighted by atomic mass is 10.3. The maximum Gasteiger partial charge on any atom is 0.339 e. The van der Waals surface area contributed by atoms with Gasteiger partial charge in [-0.3, -0.25) is 0 Å². The number of nitrogens with zero attached hydrogens (tertiary/aromatic N) is 1. The van der Waals surface area contributed by atoms with Crippen LogP contribution in [0.25, 0.3) is 0 Å². The molecule has 0 aliphatic carbocycles. The summed E-state index contributed by atoms with van der Waals surface area (Å²) in [6, 6.07) is 1.29. The van der Waals surface area contributed by atoms with Crippen LogP contribution < -0.4 is 0 Å². The third-order valence-corrected chi connectivity index (χ3v) is 0.972. The molecule has 54 valence electrons. The number of hydrogen-bond acceptors (Lipinski definition) is 4. The highest BCUT2D eigenvalue weighted by atomic mass is 16.5. The van der Waals surface area contributed by atoms with Crippen LogP contribution in [0.1, 0.15) is 11.8 Å². The summed E-state index contributed by atoms with van der Waals surface area (Å²) in [7, 11) is 0. The zero-order valence-electron chi connectivity index (χ0n) is 4.89. The van der Waals surface area contributed by atoms with Crippen LogP contribution in [-0.2, 0) is 4.79 Å². The number of carboxylic acids is 1. The fraction of sp³-hybridized carbons (Fsp3) is 0.200. The van der Waals surface area contributed by atoms with Crippen LogP contribution in [-0.4, -0.2) is 21.3 Å². The zero-order valence-corrected chi connectivity index (χ0v) is 4.89. The van der Waals surface area contributed by atoms with Crippen LogP contribution in [0.3, 0.4) is 0 Å². The molecule has 0 aromatic carbocycles. The summed E-state index contributed by atoms with van der Waals surface area (Å²) >= 11 is 0. The SMILES string of the molecule is O=C(O)C(O)c1ccon1. The van der Waals surface area contributed by atoms with Crippen molar-refractivity contribution in [3.05, 3.63) is 18.0 Å². The molecule has 1 atom stereocenters. The quantitative estimate of drug-likeness (QED) is 0.598. The van der Waals surface area contributed by atoms with Gasteiger partial charge in [-0.25, -0.2) is 4.79 Å². The fourth-order valence-corrected chi connectivity index (χ4v) is 0.489. The minimum absolute atomic E-state index is 0.00694. The number of rotatable bonds is 2. The standard InChI is InChI=1S/C5H5NO4/c7-4(5(8)9)3-1-2-10-6-3/h1-2,4,7H,(H,8,9). The molecule has 5 heteroatoms. The fourth-order valence-electron chi connectivity index (χ4n) is 0.489. The summed E-state index contributed by atoms with van der Waals surface area (Å²) in [5.41, 5.74) is 0.00694. The number of carbonyl (C=O) groups is 1. The molecule has 1 aromatic rings. The van der Waals surface area contributed by atoms with Crippen LogP contribution in [0.5, 0.6) is 0 Å². The van der Waals surface area contributed by atoms with Crippen molar-refractivity contribution >= 4 is 5.97 Å². The van der Waals surface area contributed by atoms with Gasteiger partial charge in [-0.2, -0.15) is 0 Å². The second kappa shape index (κ2) is 2.49. The van der Waals surface area contributed by atoms with Crippen LogP contribution in [0, 0.1) is 0 Å². The van der Waals surface area contributed by atoms with E-state index in [0.717, 1.165) is 0 Å². The minimum atomic E-state index is -1.58. The Balaban J connectivity index is 2.77. The summed E-state index contributed by atoms with van der Waals surface area (Å²) in [5, 5.41) is 20.2. The van der Waals surface area contributed by atoms with Crippen LogP contribution in [0.4, 0.5) is 0 Å². The predicted molar refractivity (Wildman–Crippen MR) is 29.1 cm³/mol. The van der Waals surface area contributed by atoms with Crippen molar-refractivity contribution in [1.29, 1.82) is 0 Å². The van der Waals surface area contributed by atoms with Gasteiger partial charge in [-0.05, 0) is 0 Å². The molecule has 0 amide bonds. The van der Waals surface area contributed by atoms with E-state index in [4.69, 9.17) is 10.2 Å². The molecule has 5 nitrogen and oxygen atoms in total. The van der Waals surface area contributed by atoms with Crippen molar-refractivity contribution in [2.75, 3.05) is 0 Å². The lowest BCUT2D eigenvalue weighted by Gasteiger charge is -1.96. The summed E-state index contributed by atoms with van der Waals surface area (Å²) in [5.74, 6) is -1.34. The van der Waals surface area contributed by atoms with Gasteiger partial charge in [0.2, 0.25) is 0 Å². The van der Waals surface area contributed by atoms with Crippen molar-refractivity contribution < 1.29 is 19.5 Å². The molecular weight excluding hydrogens is 138 g/mol. The summed E-state index contributed by atoms with van der Waals surface area (Å²) in [6.45, 7) is 0.